The topological polar surface area (TPSA) is 52.3 Å². The fraction of sp³-hybridized carbons (Fsp3) is 0.421. The Kier molecular flexibility index (Phi) is 7.70. The molecule has 2 rings (SSSR count). The molecule has 27 heavy (non-hydrogen) atoms. The molecule has 0 aliphatic carbocycles. The zero-order chi connectivity index (χ0) is 20.0. The van der Waals surface area contributed by atoms with Crippen molar-refractivity contribution in [3.63, 3.8) is 0 Å². The first kappa shape index (κ1) is 21.7. The number of rotatable bonds is 9. The number of ketones is 1. The van der Waals surface area contributed by atoms with Crippen LogP contribution in [0.1, 0.15) is 52.3 Å². The number of alkyl halides is 3. The van der Waals surface area contributed by atoms with Crippen LogP contribution < -0.4 is 10.5 Å². The summed E-state index contributed by atoms with van der Waals surface area (Å²) in [5.41, 5.74) is 6.72. The molecule has 1 heterocycles. The van der Waals surface area contributed by atoms with E-state index in [1.54, 1.807) is 18.2 Å². The number of Topliss-reactive ketones (excluding diaryl/α,β-unsaturated/α-hetero) is 1. The molecule has 2 aromatic rings. The van der Waals surface area contributed by atoms with Gasteiger partial charge in [0.25, 0.3) is 0 Å². The van der Waals surface area contributed by atoms with Crippen molar-refractivity contribution in [3.8, 4) is 5.75 Å². The van der Waals surface area contributed by atoms with E-state index >= 15 is 0 Å². The molecule has 0 spiro atoms. The van der Waals surface area contributed by atoms with Crippen molar-refractivity contribution >= 4 is 28.7 Å². The lowest BCUT2D eigenvalue weighted by atomic mass is 10.0. The van der Waals surface area contributed by atoms with Crippen LogP contribution in [0, 0.1) is 0 Å². The summed E-state index contributed by atoms with van der Waals surface area (Å²) in [6.07, 6.45) is -4.22. The number of aryl methyl sites for hydroxylation is 1. The molecule has 0 bridgehead atoms. The van der Waals surface area contributed by atoms with Gasteiger partial charge in [-0.1, -0.05) is 24.6 Å². The number of benzene rings is 1. The van der Waals surface area contributed by atoms with Crippen molar-refractivity contribution in [3.05, 3.63) is 50.7 Å². The van der Waals surface area contributed by atoms with Gasteiger partial charge >= 0.3 is 6.18 Å². The number of carbonyl (C=O) groups excluding carboxylic acids is 1. The summed E-state index contributed by atoms with van der Waals surface area (Å²) in [5, 5.41) is 0.323. The van der Waals surface area contributed by atoms with E-state index in [1.165, 1.54) is 17.4 Å². The van der Waals surface area contributed by atoms with Gasteiger partial charge in [0, 0.05) is 28.8 Å². The van der Waals surface area contributed by atoms with Gasteiger partial charge in [0.05, 0.1) is 11.5 Å². The van der Waals surface area contributed by atoms with Crippen molar-refractivity contribution in [1.29, 1.82) is 0 Å². The average Bonchev–Trinajstić information content (AvgIpc) is 3.07. The maximum Gasteiger partial charge on any atom is 0.389 e. The fourth-order valence-electron chi connectivity index (χ4n) is 2.49. The van der Waals surface area contributed by atoms with Gasteiger partial charge in [0.2, 0.25) is 0 Å². The Labute approximate surface area is 165 Å². The van der Waals surface area contributed by atoms with E-state index in [0.717, 1.165) is 11.3 Å². The van der Waals surface area contributed by atoms with Gasteiger partial charge in [-0.15, -0.1) is 11.3 Å². The van der Waals surface area contributed by atoms with Gasteiger partial charge in [0.15, 0.2) is 5.78 Å². The maximum atomic E-state index is 12.4. The minimum absolute atomic E-state index is 0.0456. The molecule has 0 aliphatic heterocycles. The van der Waals surface area contributed by atoms with E-state index in [4.69, 9.17) is 22.1 Å². The Morgan fingerprint density at radius 2 is 2.04 bits per heavy atom. The molecule has 2 N–H and O–H groups in total. The van der Waals surface area contributed by atoms with Crippen LogP contribution in [0.3, 0.4) is 0 Å². The maximum absolute atomic E-state index is 12.4. The van der Waals surface area contributed by atoms with Crippen LogP contribution in [0.2, 0.25) is 5.02 Å². The molecule has 1 aromatic carbocycles. The van der Waals surface area contributed by atoms with Crippen molar-refractivity contribution < 1.29 is 22.7 Å². The number of ether oxygens (including phenoxy) is 1. The van der Waals surface area contributed by atoms with Crippen LogP contribution in [0.5, 0.6) is 5.75 Å². The number of carbonyl (C=O) groups is 1. The molecular weight excluding hydrogens is 399 g/mol. The zero-order valence-electron chi connectivity index (χ0n) is 14.8. The summed E-state index contributed by atoms with van der Waals surface area (Å²) in [5.74, 6) is 0.325. The lowest BCUT2D eigenvalue weighted by Gasteiger charge is -2.14. The average molecular weight is 420 g/mol. The minimum Gasteiger partial charge on any atom is -0.494 e. The third-order valence-corrected chi connectivity index (χ3v) is 5.53. The van der Waals surface area contributed by atoms with Crippen LogP contribution >= 0.6 is 22.9 Å². The van der Waals surface area contributed by atoms with E-state index in [9.17, 15) is 18.0 Å². The minimum atomic E-state index is -4.19. The second kappa shape index (κ2) is 9.57. The molecule has 0 fully saturated rings. The molecule has 1 atom stereocenters. The Hall–Kier alpha value is -1.57. The molecule has 0 aliphatic rings. The van der Waals surface area contributed by atoms with Gasteiger partial charge in [-0.3, -0.25) is 4.79 Å². The monoisotopic (exact) mass is 419 g/mol. The Balaban J connectivity index is 1.92. The Bertz CT molecular complexity index is 777. The molecule has 1 aromatic heterocycles. The first-order valence-electron chi connectivity index (χ1n) is 8.56. The zero-order valence-corrected chi connectivity index (χ0v) is 16.4. The van der Waals surface area contributed by atoms with Crippen molar-refractivity contribution in [2.24, 2.45) is 5.73 Å². The summed E-state index contributed by atoms with van der Waals surface area (Å²) < 4.78 is 41.6. The number of hydrogen-bond donors (Lipinski definition) is 1. The predicted octanol–water partition coefficient (Wildman–Crippen LogP) is 5.96. The van der Waals surface area contributed by atoms with Crippen LogP contribution in [0.15, 0.2) is 30.3 Å². The third kappa shape index (κ3) is 6.83. The van der Waals surface area contributed by atoms with Crippen LogP contribution in [0.4, 0.5) is 13.2 Å². The highest BCUT2D eigenvalue weighted by atomic mass is 35.5. The molecule has 148 valence electrons. The number of hydrogen-bond acceptors (Lipinski definition) is 4. The van der Waals surface area contributed by atoms with Crippen molar-refractivity contribution in [1.82, 2.24) is 0 Å². The molecule has 0 unspecified atom stereocenters. The van der Waals surface area contributed by atoms with Crippen molar-refractivity contribution in [2.45, 2.75) is 44.8 Å². The third-order valence-electron chi connectivity index (χ3n) is 3.93. The van der Waals surface area contributed by atoms with E-state index in [1.807, 2.05) is 13.0 Å². The first-order chi connectivity index (χ1) is 12.7. The highest BCUT2D eigenvalue weighted by Crippen LogP contribution is 2.30. The van der Waals surface area contributed by atoms with Crippen LogP contribution in [-0.4, -0.2) is 18.6 Å². The van der Waals surface area contributed by atoms with E-state index in [0.29, 0.717) is 21.2 Å². The smallest absolute Gasteiger partial charge is 0.389 e. The number of thiophene rings is 1. The molecule has 0 amide bonds. The number of halogens is 4. The molecule has 8 heteroatoms. The van der Waals surface area contributed by atoms with E-state index in [2.05, 4.69) is 0 Å². The lowest BCUT2D eigenvalue weighted by Crippen LogP contribution is -2.15. The summed E-state index contributed by atoms with van der Waals surface area (Å²) in [6.45, 7) is 1.97. The summed E-state index contributed by atoms with van der Waals surface area (Å²) in [7, 11) is 0. The summed E-state index contributed by atoms with van der Waals surface area (Å²) >= 11 is 7.68. The van der Waals surface area contributed by atoms with Gasteiger partial charge in [-0.05, 0) is 42.7 Å². The molecular formula is C19H21ClF3NO2S. The van der Waals surface area contributed by atoms with Crippen LogP contribution in [-0.2, 0) is 6.42 Å². The second-order valence-electron chi connectivity index (χ2n) is 6.10. The largest absolute Gasteiger partial charge is 0.494 e. The van der Waals surface area contributed by atoms with E-state index in [-0.39, 0.29) is 25.2 Å². The summed E-state index contributed by atoms with van der Waals surface area (Å²) in [4.78, 5) is 14.2. The number of nitrogens with two attached hydrogens (primary N) is 1. The summed E-state index contributed by atoms with van der Waals surface area (Å²) in [6, 6.07) is 7.91. The van der Waals surface area contributed by atoms with Gasteiger partial charge in [0.1, 0.15) is 5.75 Å². The molecule has 0 radical (unpaired) electrons. The fourth-order valence-corrected chi connectivity index (χ4v) is 3.70. The SMILES string of the molecule is CCc1ccc(C(=O)C[C@H](N)c2ccc(OCCCC(F)(F)F)cc2Cl)s1. The Morgan fingerprint density at radius 1 is 1.30 bits per heavy atom. The highest BCUT2D eigenvalue weighted by Gasteiger charge is 2.26. The van der Waals surface area contributed by atoms with Gasteiger partial charge < -0.3 is 10.5 Å². The van der Waals surface area contributed by atoms with Crippen LogP contribution in [0.25, 0.3) is 0 Å². The van der Waals surface area contributed by atoms with Gasteiger partial charge in [-0.2, -0.15) is 13.2 Å². The lowest BCUT2D eigenvalue weighted by molar-refractivity contribution is -0.136. The molecule has 3 nitrogen and oxygen atoms in total. The molecule has 0 saturated heterocycles. The van der Waals surface area contributed by atoms with E-state index < -0.39 is 18.6 Å². The normalized spacial score (nSPS) is 12.8. The second-order valence-corrected chi connectivity index (χ2v) is 7.68. The van der Waals surface area contributed by atoms with Crippen molar-refractivity contribution in [2.75, 3.05) is 6.61 Å². The Morgan fingerprint density at radius 3 is 2.63 bits per heavy atom. The molecule has 0 saturated carbocycles. The van der Waals surface area contributed by atoms with Gasteiger partial charge in [-0.25, -0.2) is 0 Å². The first-order valence-corrected chi connectivity index (χ1v) is 9.75. The quantitative estimate of drug-likeness (QED) is 0.403. The standard InChI is InChI=1S/C19H21ClF3NO2S/c1-2-13-5-7-18(27-13)17(25)11-16(24)14-6-4-12(10-15(14)20)26-9-3-8-19(21,22)23/h4-7,10,16H,2-3,8-9,11,24H2,1H3/t16-/m0/s1. The predicted molar refractivity (Wildman–Crippen MR) is 102 cm³/mol. The highest BCUT2D eigenvalue weighted by molar-refractivity contribution is 7.14.